The lowest BCUT2D eigenvalue weighted by atomic mass is 10.0. The van der Waals surface area contributed by atoms with E-state index in [0.717, 1.165) is 23.8 Å². The molecule has 3 nitrogen and oxygen atoms in total. The Balaban J connectivity index is 2.17. The van der Waals surface area contributed by atoms with Gasteiger partial charge in [-0.1, -0.05) is 54.6 Å². The average Bonchev–Trinajstić information content (AvgIpc) is 2.38. The third-order valence-corrected chi connectivity index (χ3v) is 3.33. The van der Waals surface area contributed by atoms with Crippen LogP contribution < -0.4 is 0 Å². The fraction of sp³-hybridized carbons (Fsp3) is 0.200. The predicted octanol–water partition coefficient (Wildman–Crippen LogP) is 2.75. The van der Waals surface area contributed by atoms with Gasteiger partial charge in [-0.15, -0.1) is 0 Å². The lowest BCUT2D eigenvalue weighted by Gasteiger charge is -2.09. The maximum absolute atomic E-state index is 11.1. The monoisotopic (exact) mass is 276 g/mol. The number of benzene rings is 2. The van der Waals surface area contributed by atoms with Gasteiger partial charge in [-0.25, -0.2) is 0 Å². The van der Waals surface area contributed by atoms with Crippen LogP contribution in [0.2, 0.25) is 0 Å². The second-order valence-electron chi connectivity index (χ2n) is 4.40. The van der Waals surface area contributed by atoms with E-state index in [-0.39, 0.29) is 6.61 Å². The standard InChI is InChI=1S/C15H16O3S/c1-19(16,17)18-12-15-10-6-5-9-14(15)11-13-7-3-2-4-8-13/h2-10H,11-12H2,1H3. The molecular formula is C15H16O3S. The molecular weight excluding hydrogens is 260 g/mol. The van der Waals surface area contributed by atoms with Crippen LogP contribution in [-0.2, 0) is 27.3 Å². The van der Waals surface area contributed by atoms with Gasteiger partial charge in [0.05, 0.1) is 12.9 Å². The van der Waals surface area contributed by atoms with Crippen LogP contribution in [0.3, 0.4) is 0 Å². The normalized spacial score (nSPS) is 11.4. The molecule has 100 valence electrons. The first-order valence-electron chi connectivity index (χ1n) is 6.00. The lowest BCUT2D eigenvalue weighted by molar-refractivity contribution is 0.311. The van der Waals surface area contributed by atoms with Crippen molar-refractivity contribution >= 4 is 10.1 Å². The van der Waals surface area contributed by atoms with Crippen molar-refractivity contribution in [3.63, 3.8) is 0 Å². The first kappa shape index (κ1) is 13.8. The summed E-state index contributed by atoms with van der Waals surface area (Å²) in [6.45, 7) is 0.0852. The van der Waals surface area contributed by atoms with E-state index in [1.54, 1.807) is 0 Å². The minimum atomic E-state index is -3.41. The molecule has 2 rings (SSSR count). The Labute approximate surface area is 114 Å². The third-order valence-electron chi connectivity index (χ3n) is 2.78. The van der Waals surface area contributed by atoms with E-state index >= 15 is 0 Å². The smallest absolute Gasteiger partial charge is 0.264 e. The Bertz CT molecular complexity index is 633. The molecule has 0 unspecified atom stereocenters. The van der Waals surface area contributed by atoms with Crippen LogP contribution in [0.15, 0.2) is 54.6 Å². The van der Waals surface area contributed by atoms with Crippen LogP contribution in [-0.4, -0.2) is 14.7 Å². The highest BCUT2D eigenvalue weighted by molar-refractivity contribution is 7.85. The highest BCUT2D eigenvalue weighted by Crippen LogP contribution is 2.15. The van der Waals surface area contributed by atoms with Gasteiger partial charge in [0.1, 0.15) is 0 Å². The van der Waals surface area contributed by atoms with Gasteiger partial charge in [0.2, 0.25) is 0 Å². The number of rotatable bonds is 5. The van der Waals surface area contributed by atoms with Crippen molar-refractivity contribution in [1.82, 2.24) is 0 Å². The molecule has 0 fully saturated rings. The van der Waals surface area contributed by atoms with Crippen molar-refractivity contribution in [3.05, 3.63) is 71.3 Å². The molecule has 0 aliphatic heterocycles. The van der Waals surface area contributed by atoms with Crippen LogP contribution in [0.1, 0.15) is 16.7 Å². The van der Waals surface area contributed by atoms with Gasteiger partial charge in [0.15, 0.2) is 0 Å². The molecule has 2 aromatic rings. The van der Waals surface area contributed by atoms with E-state index in [1.807, 2.05) is 54.6 Å². The molecule has 0 radical (unpaired) electrons. The molecule has 0 spiro atoms. The molecule has 0 bridgehead atoms. The van der Waals surface area contributed by atoms with E-state index < -0.39 is 10.1 Å². The topological polar surface area (TPSA) is 43.4 Å². The van der Waals surface area contributed by atoms with E-state index in [2.05, 4.69) is 0 Å². The van der Waals surface area contributed by atoms with Crippen molar-refractivity contribution in [2.24, 2.45) is 0 Å². The molecule has 0 heterocycles. The Morgan fingerprint density at radius 1 is 0.895 bits per heavy atom. The summed E-state index contributed by atoms with van der Waals surface area (Å²) in [6.07, 6.45) is 1.83. The fourth-order valence-electron chi connectivity index (χ4n) is 1.86. The molecule has 19 heavy (non-hydrogen) atoms. The maximum Gasteiger partial charge on any atom is 0.264 e. The SMILES string of the molecule is CS(=O)(=O)OCc1ccccc1Cc1ccccc1. The first-order chi connectivity index (χ1) is 9.04. The maximum atomic E-state index is 11.1. The summed E-state index contributed by atoms with van der Waals surface area (Å²) < 4.78 is 27.0. The van der Waals surface area contributed by atoms with Crippen molar-refractivity contribution in [1.29, 1.82) is 0 Å². The second-order valence-corrected chi connectivity index (χ2v) is 6.04. The van der Waals surface area contributed by atoms with Crippen LogP contribution >= 0.6 is 0 Å². The molecule has 0 saturated heterocycles. The van der Waals surface area contributed by atoms with Crippen LogP contribution in [0.5, 0.6) is 0 Å². The van der Waals surface area contributed by atoms with Gasteiger partial charge in [-0.05, 0) is 23.1 Å². The van der Waals surface area contributed by atoms with Crippen LogP contribution in [0.25, 0.3) is 0 Å². The van der Waals surface area contributed by atoms with Crippen molar-refractivity contribution in [2.45, 2.75) is 13.0 Å². The highest BCUT2D eigenvalue weighted by Gasteiger charge is 2.07. The third kappa shape index (κ3) is 4.50. The zero-order valence-corrected chi connectivity index (χ0v) is 11.6. The van der Waals surface area contributed by atoms with Gasteiger partial charge in [-0.3, -0.25) is 4.18 Å². The Morgan fingerprint density at radius 3 is 2.11 bits per heavy atom. The second kappa shape index (κ2) is 5.99. The molecule has 0 amide bonds. The number of hydrogen-bond acceptors (Lipinski definition) is 3. The Hall–Kier alpha value is -1.65. The van der Waals surface area contributed by atoms with E-state index in [1.165, 1.54) is 5.56 Å². The van der Waals surface area contributed by atoms with Gasteiger partial charge in [0.25, 0.3) is 10.1 Å². The zero-order valence-electron chi connectivity index (χ0n) is 10.7. The quantitative estimate of drug-likeness (QED) is 0.789. The average molecular weight is 276 g/mol. The molecule has 4 heteroatoms. The molecule has 0 N–H and O–H groups in total. The van der Waals surface area contributed by atoms with Gasteiger partial charge in [-0.2, -0.15) is 8.42 Å². The molecule has 2 aromatic carbocycles. The summed E-state index contributed by atoms with van der Waals surface area (Å²) in [5.74, 6) is 0. The highest BCUT2D eigenvalue weighted by atomic mass is 32.2. The Morgan fingerprint density at radius 2 is 1.47 bits per heavy atom. The molecule has 0 aliphatic carbocycles. The van der Waals surface area contributed by atoms with E-state index in [4.69, 9.17) is 4.18 Å². The van der Waals surface area contributed by atoms with Crippen LogP contribution in [0, 0.1) is 0 Å². The molecule has 0 saturated carbocycles. The van der Waals surface area contributed by atoms with Gasteiger partial charge >= 0.3 is 0 Å². The predicted molar refractivity (Wildman–Crippen MR) is 75.3 cm³/mol. The fourth-order valence-corrected chi connectivity index (χ4v) is 2.20. The van der Waals surface area contributed by atoms with E-state index in [9.17, 15) is 8.42 Å². The minimum Gasteiger partial charge on any atom is -0.265 e. The molecule has 0 aromatic heterocycles. The van der Waals surface area contributed by atoms with Crippen molar-refractivity contribution < 1.29 is 12.6 Å². The number of hydrogen-bond donors (Lipinski definition) is 0. The summed E-state index contributed by atoms with van der Waals surface area (Å²) in [5, 5.41) is 0. The summed E-state index contributed by atoms with van der Waals surface area (Å²) in [4.78, 5) is 0. The Kier molecular flexibility index (Phi) is 4.35. The first-order valence-corrected chi connectivity index (χ1v) is 7.81. The van der Waals surface area contributed by atoms with Gasteiger partial charge < -0.3 is 0 Å². The summed E-state index contributed by atoms with van der Waals surface area (Å²) in [6, 6.07) is 17.8. The summed E-state index contributed by atoms with van der Waals surface area (Å²) in [7, 11) is -3.41. The van der Waals surface area contributed by atoms with E-state index in [0.29, 0.717) is 0 Å². The largest absolute Gasteiger partial charge is 0.265 e. The van der Waals surface area contributed by atoms with Crippen molar-refractivity contribution in [3.8, 4) is 0 Å². The summed E-state index contributed by atoms with van der Waals surface area (Å²) in [5.41, 5.74) is 3.17. The molecule has 0 atom stereocenters. The summed E-state index contributed by atoms with van der Waals surface area (Å²) >= 11 is 0. The van der Waals surface area contributed by atoms with Gasteiger partial charge in [0, 0.05) is 0 Å². The van der Waals surface area contributed by atoms with Crippen LogP contribution in [0.4, 0.5) is 0 Å². The lowest BCUT2D eigenvalue weighted by Crippen LogP contribution is -2.05. The molecule has 0 aliphatic rings. The zero-order chi connectivity index (χ0) is 13.7. The van der Waals surface area contributed by atoms with Crippen molar-refractivity contribution in [2.75, 3.05) is 6.26 Å². The minimum absolute atomic E-state index is 0.0852.